The fraction of sp³-hybridized carbons (Fsp3) is 0.615. The fourth-order valence-electron chi connectivity index (χ4n) is 1.63. The summed E-state index contributed by atoms with van der Waals surface area (Å²) in [5.41, 5.74) is 0. The van der Waals surface area contributed by atoms with E-state index in [0.717, 1.165) is 0 Å². The van der Waals surface area contributed by atoms with Gasteiger partial charge in [0.25, 0.3) is 7.82 Å². The number of phosphoric ester groups is 1. The summed E-state index contributed by atoms with van der Waals surface area (Å²) in [6.07, 6.45) is 0.705. The van der Waals surface area contributed by atoms with Crippen molar-refractivity contribution in [3.63, 3.8) is 0 Å². The van der Waals surface area contributed by atoms with Gasteiger partial charge in [0.05, 0.1) is 39.3 Å². The van der Waals surface area contributed by atoms with Gasteiger partial charge in [0, 0.05) is 0 Å². The number of aliphatic hydroxyl groups excluding tert-OH is 2. The van der Waals surface area contributed by atoms with Gasteiger partial charge in [-0.05, 0) is 22.3 Å². The molecule has 1 heterocycles. The Morgan fingerprint density at radius 1 is 1.46 bits per heavy atom. The Labute approximate surface area is 149 Å². The lowest BCUT2D eigenvalue weighted by atomic mass is 10.2. The molecule has 2 N–H and O–H groups in total. The molecule has 0 aromatic heterocycles. The number of hydrogen-bond acceptors (Lipinski definition) is 9. The summed E-state index contributed by atoms with van der Waals surface area (Å²) in [4.78, 5) is 24.9. The van der Waals surface area contributed by atoms with Gasteiger partial charge < -0.3 is 28.6 Å². The standard InChI is InChI=1S/C13H22NO7PS2/c1-14(2,3)7-11(13(17)12-5-4-6-23-24-12)21-22(18,19)20-9-10(16)8-15/h4-6,10-11,15-16H,7-9H2,1-3H3/t10-,11?/m1/s1. The number of Topliss-reactive ketones (excluding diaryl/α,β-unsaturated/α-hetero) is 1. The van der Waals surface area contributed by atoms with Crippen molar-refractivity contribution in [2.45, 2.75) is 12.2 Å². The van der Waals surface area contributed by atoms with Crippen molar-refractivity contribution < 1.29 is 38.0 Å². The molecule has 24 heavy (non-hydrogen) atoms. The van der Waals surface area contributed by atoms with Gasteiger partial charge in [0.1, 0.15) is 12.6 Å². The van der Waals surface area contributed by atoms with Crippen molar-refractivity contribution in [3.8, 4) is 0 Å². The zero-order valence-corrected chi connectivity index (χ0v) is 16.2. The second-order valence-corrected chi connectivity index (χ2v) is 9.56. The van der Waals surface area contributed by atoms with E-state index in [-0.39, 0.29) is 6.54 Å². The molecule has 0 aromatic carbocycles. The van der Waals surface area contributed by atoms with Crippen LogP contribution in [0, 0.1) is 0 Å². The van der Waals surface area contributed by atoms with Crippen LogP contribution in [0.3, 0.4) is 0 Å². The SMILES string of the molecule is C[N+](C)(C)CC(OP(=O)([O-])OC[C@H](O)CO)C(=O)C1=CC=CSS1. The number of likely N-dealkylation sites (N-methyl/N-ethyl adjacent to an activating group) is 1. The first-order chi connectivity index (χ1) is 11.0. The van der Waals surface area contributed by atoms with Crippen molar-refractivity contribution in [1.82, 2.24) is 0 Å². The number of rotatable bonds is 10. The number of nitrogens with zero attached hydrogens (tertiary/aromatic N) is 1. The summed E-state index contributed by atoms with van der Waals surface area (Å²) in [6.45, 7) is -1.17. The van der Waals surface area contributed by atoms with Crippen LogP contribution in [0.2, 0.25) is 0 Å². The van der Waals surface area contributed by atoms with Crippen LogP contribution in [0.1, 0.15) is 0 Å². The third-order valence-electron chi connectivity index (χ3n) is 2.66. The van der Waals surface area contributed by atoms with Gasteiger partial charge >= 0.3 is 0 Å². The molecule has 2 unspecified atom stereocenters. The van der Waals surface area contributed by atoms with Crippen molar-refractivity contribution >= 4 is 35.2 Å². The molecule has 1 rings (SSSR count). The highest BCUT2D eigenvalue weighted by Gasteiger charge is 2.33. The highest BCUT2D eigenvalue weighted by molar-refractivity contribution is 8.79. The number of aliphatic hydroxyl groups is 2. The molecule has 1 aliphatic heterocycles. The Balaban J connectivity index is 2.85. The lowest BCUT2D eigenvalue weighted by molar-refractivity contribution is -0.872. The predicted molar refractivity (Wildman–Crippen MR) is 91.8 cm³/mol. The lowest BCUT2D eigenvalue weighted by Crippen LogP contribution is -2.46. The van der Waals surface area contributed by atoms with E-state index in [2.05, 4.69) is 4.52 Å². The first kappa shape index (κ1) is 21.9. The van der Waals surface area contributed by atoms with Crippen molar-refractivity contribution in [2.75, 3.05) is 40.9 Å². The molecule has 3 atom stereocenters. The van der Waals surface area contributed by atoms with Crippen LogP contribution in [0.15, 0.2) is 22.5 Å². The van der Waals surface area contributed by atoms with Crippen molar-refractivity contribution in [1.29, 1.82) is 0 Å². The molecule has 0 amide bonds. The van der Waals surface area contributed by atoms with Gasteiger partial charge in [-0.1, -0.05) is 16.9 Å². The monoisotopic (exact) mass is 399 g/mol. The Hall–Kier alpha value is -0.160. The number of hydrogen-bond donors (Lipinski definition) is 2. The molecule has 0 aromatic rings. The van der Waals surface area contributed by atoms with Gasteiger partial charge in [-0.2, -0.15) is 0 Å². The van der Waals surface area contributed by atoms with Crippen LogP contribution in [0.5, 0.6) is 0 Å². The van der Waals surface area contributed by atoms with Gasteiger partial charge in [0.2, 0.25) is 5.78 Å². The second-order valence-electron chi connectivity index (χ2n) is 6.05. The molecule has 0 aliphatic carbocycles. The van der Waals surface area contributed by atoms with Crippen LogP contribution in [-0.4, -0.2) is 73.6 Å². The molecule has 0 radical (unpaired) electrons. The number of carbonyl (C=O) groups is 1. The number of ketones is 1. The maximum absolute atomic E-state index is 12.6. The van der Waals surface area contributed by atoms with E-state index in [1.54, 1.807) is 38.7 Å². The number of carbonyl (C=O) groups excluding carboxylic acids is 1. The first-order valence-corrected chi connectivity index (χ1v) is 10.7. The smallest absolute Gasteiger partial charge is 0.268 e. The second kappa shape index (κ2) is 9.51. The summed E-state index contributed by atoms with van der Waals surface area (Å²) in [7, 11) is 3.15. The number of quaternary nitrogens is 1. The minimum absolute atomic E-state index is 0.114. The minimum Gasteiger partial charge on any atom is -0.756 e. The molecule has 0 spiro atoms. The summed E-state index contributed by atoms with van der Waals surface area (Å²) < 4.78 is 21.7. The van der Waals surface area contributed by atoms with Crippen LogP contribution in [0.25, 0.3) is 0 Å². The van der Waals surface area contributed by atoms with Gasteiger partial charge in [-0.15, -0.1) is 0 Å². The molecule has 0 fully saturated rings. The van der Waals surface area contributed by atoms with Gasteiger partial charge in [-0.25, -0.2) is 0 Å². The summed E-state index contributed by atoms with van der Waals surface area (Å²) in [6, 6.07) is 0. The highest BCUT2D eigenvalue weighted by Crippen LogP contribution is 2.42. The Kier molecular flexibility index (Phi) is 8.67. The molecule has 11 heteroatoms. The number of phosphoric acid groups is 1. The minimum atomic E-state index is -4.82. The normalized spacial score (nSPS) is 20.2. The third-order valence-corrected chi connectivity index (χ3v) is 5.68. The summed E-state index contributed by atoms with van der Waals surface area (Å²) >= 11 is 0. The zero-order chi connectivity index (χ0) is 18.4. The van der Waals surface area contributed by atoms with Gasteiger partial charge in [-0.3, -0.25) is 9.36 Å². The van der Waals surface area contributed by atoms with Gasteiger partial charge in [0.15, 0.2) is 6.10 Å². The maximum atomic E-state index is 12.6. The van der Waals surface area contributed by atoms with E-state index in [1.807, 2.05) is 0 Å². The molecular formula is C13H22NO7PS2. The Morgan fingerprint density at radius 2 is 2.12 bits per heavy atom. The van der Waals surface area contributed by atoms with Crippen LogP contribution in [-0.2, 0) is 18.4 Å². The predicted octanol–water partition coefficient (Wildman–Crippen LogP) is 0.278. The Morgan fingerprint density at radius 3 is 2.62 bits per heavy atom. The van der Waals surface area contributed by atoms with E-state index < -0.39 is 39.0 Å². The van der Waals surface area contributed by atoms with Crippen molar-refractivity contribution in [3.05, 3.63) is 22.5 Å². The molecule has 1 aliphatic rings. The molecule has 0 saturated heterocycles. The topological polar surface area (TPSA) is 116 Å². The fourth-order valence-corrected chi connectivity index (χ4v) is 4.25. The van der Waals surface area contributed by atoms with Crippen molar-refractivity contribution in [2.24, 2.45) is 0 Å². The highest BCUT2D eigenvalue weighted by atomic mass is 33.1. The van der Waals surface area contributed by atoms with Crippen LogP contribution in [0.4, 0.5) is 0 Å². The molecule has 0 saturated carbocycles. The lowest BCUT2D eigenvalue weighted by Gasteiger charge is -2.32. The average Bonchev–Trinajstić information content (AvgIpc) is 2.50. The maximum Gasteiger partial charge on any atom is 0.268 e. The third kappa shape index (κ3) is 8.28. The zero-order valence-electron chi connectivity index (χ0n) is 13.7. The van der Waals surface area contributed by atoms with E-state index in [4.69, 9.17) is 9.63 Å². The van der Waals surface area contributed by atoms with E-state index in [9.17, 15) is 19.4 Å². The van der Waals surface area contributed by atoms with Crippen LogP contribution >= 0.6 is 29.4 Å². The summed E-state index contributed by atoms with van der Waals surface area (Å²) in [5.74, 6) is -0.452. The summed E-state index contributed by atoms with van der Waals surface area (Å²) in [5, 5.41) is 19.7. The van der Waals surface area contributed by atoms with E-state index >= 15 is 0 Å². The van der Waals surface area contributed by atoms with E-state index in [1.165, 1.54) is 21.6 Å². The molecule has 8 nitrogen and oxygen atoms in total. The molecule has 138 valence electrons. The first-order valence-electron chi connectivity index (χ1n) is 7.02. The number of allylic oxidation sites excluding steroid dienone is 2. The largest absolute Gasteiger partial charge is 0.756 e. The molecular weight excluding hydrogens is 377 g/mol. The quantitative estimate of drug-likeness (QED) is 0.303. The molecule has 0 bridgehead atoms. The average molecular weight is 399 g/mol. The Bertz CT molecular complexity index is 547. The van der Waals surface area contributed by atoms with E-state index in [0.29, 0.717) is 9.39 Å². The van der Waals surface area contributed by atoms with Crippen LogP contribution < -0.4 is 4.89 Å².